The predicted octanol–water partition coefficient (Wildman–Crippen LogP) is 3.43. The predicted molar refractivity (Wildman–Crippen MR) is 115 cm³/mol. The van der Waals surface area contributed by atoms with Gasteiger partial charge >= 0.3 is 0 Å². The molecular weight excluding hydrogens is 358 g/mol. The van der Waals surface area contributed by atoms with Gasteiger partial charge in [0.1, 0.15) is 11.1 Å². The van der Waals surface area contributed by atoms with Crippen molar-refractivity contribution in [1.29, 1.82) is 0 Å². The first kappa shape index (κ1) is 21.2. The molecule has 148 valence electrons. The lowest BCUT2D eigenvalue weighted by Gasteiger charge is -2.22. The van der Waals surface area contributed by atoms with Gasteiger partial charge in [-0.1, -0.05) is 6.07 Å². The molecule has 2 aromatic rings. The number of rotatable bonds is 7. The zero-order chi connectivity index (χ0) is 20.0. The van der Waals surface area contributed by atoms with E-state index in [9.17, 15) is 0 Å². The van der Waals surface area contributed by atoms with Gasteiger partial charge in [-0.05, 0) is 37.1 Å². The Hall–Kier alpha value is -2.12. The zero-order valence-corrected chi connectivity index (χ0v) is 18.2. The molecule has 1 atom stereocenters. The van der Waals surface area contributed by atoms with Gasteiger partial charge in [0.2, 0.25) is 0 Å². The van der Waals surface area contributed by atoms with E-state index < -0.39 is 0 Å². The smallest absolute Gasteiger partial charge is 0.194 e. The third-order valence-electron chi connectivity index (χ3n) is 4.52. The van der Waals surface area contributed by atoms with E-state index in [1.165, 1.54) is 16.8 Å². The number of anilines is 1. The highest BCUT2D eigenvalue weighted by Crippen LogP contribution is 2.21. The van der Waals surface area contributed by atoms with Crippen molar-refractivity contribution in [2.24, 2.45) is 4.99 Å². The summed E-state index contributed by atoms with van der Waals surface area (Å²) in [5, 5.41) is 6.53. The largest absolute Gasteiger partial charge is 0.378 e. The van der Waals surface area contributed by atoms with E-state index in [0.29, 0.717) is 6.54 Å². The molecule has 0 fully saturated rings. The van der Waals surface area contributed by atoms with Crippen LogP contribution >= 0.6 is 11.3 Å². The lowest BCUT2D eigenvalue weighted by Crippen LogP contribution is -2.38. The van der Waals surface area contributed by atoms with Gasteiger partial charge in [-0.3, -0.25) is 4.99 Å². The van der Waals surface area contributed by atoms with Gasteiger partial charge in [0.05, 0.1) is 12.2 Å². The van der Waals surface area contributed by atoms with Crippen LogP contribution in [0.3, 0.4) is 0 Å². The highest BCUT2D eigenvalue weighted by molar-refractivity contribution is 7.09. The van der Waals surface area contributed by atoms with Crippen LogP contribution in [-0.2, 0) is 17.8 Å². The van der Waals surface area contributed by atoms with Crippen LogP contribution in [0.2, 0.25) is 0 Å². The van der Waals surface area contributed by atoms with Crippen LogP contribution in [0.5, 0.6) is 0 Å². The Labute approximate surface area is 166 Å². The molecule has 0 radical (unpaired) electrons. The van der Waals surface area contributed by atoms with Gasteiger partial charge in [0.25, 0.3) is 0 Å². The fraction of sp³-hybridized carbons (Fsp3) is 0.500. The van der Waals surface area contributed by atoms with E-state index in [1.807, 2.05) is 14.0 Å². The van der Waals surface area contributed by atoms with Gasteiger partial charge in [-0.15, -0.1) is 11.3 Å². The molecule has 0 spiro atoms. The van der Waals surface area contributed by atoms with E-state index >= 15 is 0 Å². The van der Waals surface area contributed by atoms with Crippen LogP contribution < -0.4 is 10.2 Å². The fourth-order valence-corrected chi connectivity index (χ4v) is 3.56. The third kappa shape index (κ3) is 5.68. The molecule has 0 saturated carbocycles. The Bertz CT molecular complexity index is 771. The minimum absolute atomic E-state index is 0.0274. The lowest BCUT2D eigenvalue weighted by atomic mass is 10.1. The molecule has 0 saturated heterocycles. The molecule has 1 aromatic heterocycles. The number of nitrogens with one attached hydrogen (secondary N) is 1. The van der Waals surface area contributed by atoms with Gasteiger partial charge in [-0.25, -0.2) is 4.98 Å². The molecule has 1 heterocycles. The number of thiazole rings is 1. The first-order valence-corrected chi connectivity index (χ1v) is 9.89. The SMILES string of the molecule is CN=C(NCc1ccc(N(C)C)cc1C)N(C)Cc1csc(C(C)OC)n1. The second-order valence-electron chi connectivity index (χ2n) is 6.82. The van der Waals surface area contributed by atoms with Crippen molar-refractivity contribution in [2.45, 2.75) is 33.0 Å². The molecule has 6 nitrogen and oxygen atoms in total. The van der Waals surface area contributed by atoms with Crippen molar-refractivity contribution in [3.8, 4) is 0 Å². The maximum Gasteiger partial charge on any atom is 0.194 e. The molecule has 0 amide bonds. The zero-order valence-electron chi connectivity index (χ0n) is 17.4. The number of aryl methyl sites for hydroxylation is 1. The summed E-state index contributed by atoms with van der Waals surface area (Å²) in [4.78, 5) is 13.3. The maximum atomic E-state index is 5.34. The minimum Gasteiger partial charge on any atom is -0.378 e. The van der Waals surface area contributed by atoms with Gasteiger partial charge in [0, 0.05) is 52.9 Å². The monoisotopic (exact) mass is 389 g/mol. The van der Waals surface area contributed by atoms with Crippen LogP contribution in [0.1, 0.15) is 34.9 Å². The number of methoxy groups -OCH3 is 1. The Morgan fingerprint density at radius 3 is 2.67 bits per heavy atom. The van der Waals surface area contributed by atoms with Crippen molar-refractivity contribution < 1.29 is 4.74 Å². The molecule has 0 aliphatic carbocycles. The summed E-state index contributed by atoms with van der Waals surface area (Å²) in [6.07, 6.45) is 0.0274. The molecular formula is C20H31N5OS. The summed E-state index contributed by atoms with van der Waals surface area (Å²) < 4.78 is 5.34. The standard InChI is InChI=1S/C20H31N5OS/c1-14-10-18(24(4)5)9-8-16(14)11-22-20(21-3)25(6)12-17-13-27-19(23-17)15(2)26-7/h8-10,13,15H,11-12H2,1-7H3,(H,21,22). The summed E-state index contributed by atoms with van der Waals surface area (Å²) in [7, 11) is 9.65. The average Bonchev–Trinajstić information content (AvgIpc) is 3.10. The number of ether oxygens (including phenoxy) is 1. The minimum atomic E-state index is 0.0274. The first-order chi connectivity index (χ1) is 12.8. The number of aliphatic imine (C=N–C) groups is 1. The Balaban J connectivity index is 1.97. The van der Waals surface area contributed by atoms with Crippen molar-refractivity contribution in [2.75, 3.05) is 40.2 Å². The van der Waals surface area contributed by atoms with Crippen molar-refractivity contribution in [3.05, 3.63) is 45.4 Å². The van der Waals surface area contributed by atoms with E-state index in [-0.39, 0.29) is 6.10 Å². The normalized spacial score (nSPS) is 12.8. The first-order valence-electron chi connectivity index (χ1n) is 9.01. The van der Waals surface area contributed by atoms with E-state index in [0.717, 1.165) is 23.2 Å². The number of nitrogens with zero attached hydrogens (tertiary/aromatic N) is 4. The maximum absolute atomic E-state index is 5.34. The molecule has 1 N–H and O–H groups in total. The van der Waals surface area contributed by atoms with E-state index in [2.05, 4.69) is 69.7 Å². The summed E-state index contributed by atoms with van der Waals surface area (Å²) in [5.41, 5.74) is 4.77. The Morgan fingerprint density at radius 1 is 1.33 bits per heavy atom. The van der Waals surface area contributed by atoms with Crippen LogP contribution in [0, 0.1) is 6.92 Å². The quantitative estimate of drug-likeness (QED) is 0.581. The molecule has 2 rings (SSSR count). The highest BCUT2D eigenvalue weighted by Gasteiger charge is 2.13. The van der Waals surface area contributed by atoms with E-state index in [1.54, 1.807) is 25.5 Å². The third-order valence-corrected chi connectivity index (χ3v) is 5.58. The fourth-order valence-electron chi connectivity index (χ4n) is 2.72. The van der Waals surface area contributed by atoms with Crippen LogP contribution in [0.15, 0.2) is 28.6 Å². The van der Waals surface area contributed by atoms with E-state index in [4.69, 9.17) is 4.74 Å². The van der Waals surface area contributed by atoms with Crippen LogP contribution in [0.4, 0.5) is 5.69 Å². The second kappa shape index (κ2) is 9.71. The summed E-state index contributed by atoms with van der Waals surface area (Å²) in [5.74, 6) is 0.848. The van der Waals surface area contributed by atoms with Gasteiger partial charge in [-0.2, -0.15) is 0 Å². The number of guanidine groups is 1. The number of benzene rings is 1. The molecule has 7 heteroatoms. The highest BCUT2D eigenvalue weighted by atomic mass is 32.1. The molecule has 1 unspecified atom stereocenters. The van der Waals surface area contributed by atoms with Gasteiger partial charge in [0.15, 0.2) is 5.96 Å². The molecule has 0 aliphatic rings. The van der Waals surface area contributed by atoms with Crippen molar-refractivity contribution >= 4 is 23.0 Å². The Morgan fingerprint density at radius 2 is 2.07 bits per heavy atom. The lowest BCUT2D eigenvalue weighted by molar-refractivity contribution is 0.119. The number of hydrogen-bond acceptors (Lipinski definition) is 5. The summed E-state index contributed by atoms with van der Waals surface area (Å²) >= 11 is 1.63. The topological polar surface area (TPSA) is 53.0 Å². The molecule has 0 bridgehead atoms. The summed E-state index contributed by atoms with van der Waals surface area (Å²) in [6, 6.07) is 6.52. The summed E-state index contributed by atoms with van der Waals surface area (Å²) in [6.45, 7) is 5.59. The number of hydrogen-bond donors (Lipinski definition) is 1. The number of aromatic nitrogens is 1. The average molecular weight is 390 g/mol. The van der Waals surface area contributed by atoms with Crippen LogP contribution in [-0.4, -0.2) is 51.1 Å². The second-order valence-corrected chi connectivity index (χ2v) is 7.71. The van der Waals surface area contributed by atoms with Crippen molar-refractivity contribution in [3.63, 3.8) is 0 Å². The molecule has 27 heavy (non-hydrogen) atoms. The molecule has 1 aromatic carbocycles. The Kier molecular flexibility index (Phi) is 7.62. The van der Waals surface area contributed by atoms with Gasteiger partial charge < -0.3 is 19.9 Å². The van der Waals surface area contributed by atoms with Crippen LogP contribution in [0.25, 0.3) is 0 Å². The molecule has 0 aliphatic heterocycles. The van der Waals surface area contributed by atoms with Crippen molar-refractivity contribution in [1.82, 2.24) is 15.2 Å².